The van der Waals surface area contributed by atoms with Gasteiger partial charge in [0.15, 0.2) is 0 Å². The lowest BCUT2D eigenvalue weighted by Gasteiger charge is -2.15. The predicted molar refractivity (Wildman–Crippen MR) is 62.0 cm³/mol. The summed E-state index contributed by atoms with van der Waals surface area (Å²) in [7, 11) is 0. The first kappa shape index (κ1) is 14.3. The summed E-state index contributed by atoms with van der Waals surface area (Å²) >= 11 is 1.67. The number of hydrogen-bond donors (Lipinski definition) is 2. The Morgan fingerprint density at radius 2 is 2.00 bits per heavy atom. The first-order valence-corrected chi connectivity index (χ1v) is 6.25. The summed E-state index contributed by atoms with van der Waals surface area (Å²) in [5.74, 6) is 0.381. The molecule has 0 rings (SSSR count). The largest absolute Gasteiger partial charge is 0.480 e. The van der Waals surface area contributed by atoms with Crippen LogP contribution in [0.25, 0.3) is 0 Å². The first-order chi connectivity index (χ1) is 6.99. The van der Waals surface area contributed by atoms with E-state index in [4.69, 9.17) is 5.11 Å². The summed E-state index contributed by atoms with van der Waals surface area (Å²) in [5, 5.41) is 11.4. The number of carboxylic acids is 1. The fraction of sp³-hybridized carbons (Fsp3) is 0.800. The number of hydrogen-bond acceptors (Lipinski definition) is 3. The molecule has 0 saturated heterocycles. The molecule has 0 radical (unpaired) electrons. The number of amides is 1. The van der Waals surface area contributed by atoms with E-state index in [9.17, 15) is 9.59 Å². The molecule has 0 aromatic heterocycles. The monoisotopic (exact) mass is 233 g/mol. The second-order valence-corrected chi connectivity index (χ2v) is 4.93. The minimum atomic E-state index is -0.958. The van der Waals surface area contributed by atoms with Gasteiger partial charge in [-0.25, -0.2) is 4.79 Å². The van der Waals surface area contributed by atoms with Gasteiger partial charge in [-0.2, -0.15) is 11.8 Å². The second-order valence-electron chi connectivity index (χ2n) is 3.54. The van der Waals surface area contributed by atoms with Gasteiger partial charge in [0.05, 0.1) is 0 Å². The molecule has 1 amide bonds. The molecule has 0 aliphatic rings. The fourth-order valence-electron chi connectivity index (χ4n) is 0.941. The highest BCUT2D eigenvalue weighted by Gasteiger charge is 2.20. The van der Waals surface area contributed by atoms with E-state index in [-0.39, 0.29) is 11.8 Å². The van der Waals surface area contributed by atoms with Gasteiger partial charge in [-0.05, 0) is 17.9 Å². The number of rotatable bonds is 7. The smallest absolute Gasteiger partial charge is 0.326 e. The van der Waals surface area contributed by atoms with Crippen LogP contribution in [0, 0.1) is 5.92 Å². The SMILES string of the molecule is CCSCCC(NC(=O)C(C)C)C(=O)O. The molecule has 0 fully saturated rings. The highest BCUT2D eigenvalue weighted by Crippen LogP contribution is 2.05. The second kappa shape index (κ2) is 7.56. The van der Waals surface area contributed by atoms with Gasteiger partial charge in [0.25, 0.3) is 0 Å². The zero-order valence-electron chi connectivity index (χ0n) is 9.45. The lowest BCUT2D eigenvalue weighted by atomic mass is 10.1. The van der Waals surface area contributed by atoms with E-state index in [0.717, 1.165) is 11.5 Å². The molecule has 88 valence electrons. The summed E-state index contributed by atoms with van der Waals surface area (Å²) in [6, 6.07) is -0.751. The molecule has 0 aliphatic carbocycles. The molecule has 1 atom stereocenters. The van der Waals surface area contributed by atoms with Gasteiger partial charge in [-0.3, -0.25) is 4.79 Å². The van der Waals surface area contributed by atoms with Gasteiger partial charge in [-0.15, -0.1) is 0 Å². The zero-order valence-corrected chi connectivity index (χ0v) is 10.3. The van der Waals surface area contributed by atoms with Crippen molar-refractivity contribution in [3.8, 4) is 0 Å². The van der Waals surface area contributed by atoms with E-state index in [1.807, 2.05) is 6.92 Å². The molecule has 0 bridgehead atoms. The van der Waals surface area contributed by atoms with Crippen LogP contribution in [0.2, 0.25) is 0 Å². The Kier molecular flexibility index (Phi) is 7.21. The number of carbonyl (C=O) groups is 2. The number of aliphatic carboxylic acids is 1. The molecular formula is C10H19NO3S. The Labute approximate surface area is 94.8 Å². The molecule has 5 heteroatoms. The molecule has 2 N–H and O–H groups in total. The van der Waals surface area contributed by atoms with Crippen LogP contribution in [-0.4, -0.2) is 34.5 Å². The Balaban J connectivity index is 4.05. The lowest BCUT2D eigenvalue weighted by Crippen LogP contribution is -2.43. The molecule has 4 nitrogen and oxygen atoms in total. The predicted octanol–water partition coefficient (Wildman–Crippen LogP) is 1.35. The van der Waals surface area contributed by atoms with Gasteiger partial charge >= 0.3 is 5.97 Å². The van der Waals surface area contributed by atoms with Crippen molar-refractivity contribution in [1.82, 2.24) is 5.32 Å². The summed E-state index contributed by atoms with van der Waals surface area (Å²) in [4.78, 5) is 22.1. The quantitative estimate of drug-likeness (QED) is 0.651. The maximum absolute atomic E-state index is 11.3. The Bertz CT molecular complexity index is 219. The van der Waals surface area contributed by atoms with E-state index in [1.54, 1.807) is 25.6 Å². The van der Waals surface area contributed by atoms with Crippen LogP contribution >= 0.6 is 11.8 Å². The third kappa shape index (κ3) is 6.38. The highest BCUT2D eigenvalue weighted by atomic mass is 32.2. The fourth-order valence-corrected chi connectivity index (χ4v) is 1.63. The van der Waals surface area contributed by atoms with Crippen molar-refractivity contribution in [2.45, 2.75) is 33.2 Å². The molecule has 0 aliphatic heterocycles. The van der Waals surface area contributed by atoms with E-state index < -0.39 is 12.0 Å². The van der Waals surface area contributed by atoms with Crippen molar-refractivity contribution in [2.75, 3.05) is 11.5 Å². The van der Waals surface area contributed by atoms with E-state index in [0.29, 0.717) is 6.42 Å². The lowest BCUT2D eigenvalue weighted by molar-refractivity contribution is -0.142. The van der Waals surface area contributed by atoms with Crippen molar-refractivity contribution >= 4 is 23.6 Å². The van der Waals surface area contributed by atoms with Crippen LogP contribution in [0.4, 0.5) is 0 Å². The number of carboxylic acid groups (broad SMARTS) is 1. The molecule has 0 heterocycles. The summed E-state index contributed by atoms with van der Waals surface area (Å²) in [6.45, 7) is 5.51. The van der Waals surface area contributed by atoms with Gasteiger partial charge in [0, 0.05) is 5.92 Å². The summed E-state index contributed by atoms with van der Waals surface area (Å²) in [5.41, 5.74) is 0. The molecule has 0 aromatic rings. The Hall–Kier alpha value is -0.710. The van der Waals surface area contributed by atoms with Crippen LogP contribution in [-0.2, 0) is 9.59 Å². The van der Waals surface area contributed by atoms with E-state index in [1.165, 1.54) is 0 Å². The topological polar surface area (TPSA) is 66.4 Å². The molecule has 15 heavy (non-hydrogen) atoms. The van der Waals surface area contributed by atoms with Crippen LogP contribution in [0.15, 0.2) is 0 Å². The van der Waals surface area contributed by atoms with Crippen molar-refractivity contribution in [3.63, 3.8) is 0 Å². The minimum absolute atomic E-state index is 0.175. The Morgan fingerprint density at radius 3 is 2.40 bits per heavy atom. The van der Waals surface area contributed by atoms with Gasteiger partial charge < -0.3 is 10.4 Å². The number of carbonyl (C=O) groups excluding carboxylic acids is 1. The van der Waals surface area contributed by atoms with E-state index in [2.05, 4.69) is 5.32 Å². The van der Waals surface area contributed by atoms with Gasteiger partial charge in [-0.1, -0.05) is 20.8 Å². The van der Waals surface area contributed by atoms with Crippen molar-refractivity contribution in [2.24, 2.45) is 5.92 Å². The van der Waals surface area contributed by atoms with Crippen LogP contribution in [0.1, 0.15) is 27.2 Å². The summed E-state index contributed by atoms with van der Waals surface area (Å²) in [6.07, 6.45) is 0.478. The average molecular weight is 233 g/mol. The molecule has 1 unspecified atom stereocenters. The first-order valence-electron chi connectivity index (χ1n) is 5.10. The highest BCUT2D eigenvalue weighted by molar-refractivity contribution is 7.99. The maximum Gasteiger partial charge on any atom is 0.326 e. The molecule has 0 spiro atoms. The third-order valence-corrected chi connectivity index (χ3v) is 2.83. The van der Waals surface area contributed by atoms with Gasteiger partial charge in [0.2, 0.25) is 5.91 Å². The molecule has 0 saturated carbocycles. The number of nitrogens with one attached hydrogen (secondary N) is 1. The molecular weight excluding hydrogens is 214 g/mol. The van der Waals surface area contributed by atoms with Crippen molar-refractivity contribution in [3.05, 3.63) is 0 Å². The van der Waals surface area contributed by atoms with Crippen LogP contribution in [0.3, 0.4) is 0 Å². The standard InChI is InChI=1S/C10H19NO3S/c1-4-15-6-5-8(10(13)14)11-9(12)7(2)3/h7-8H,4-6H2,1-3H3,(H,11,12)(H,13,14). The summed E-state index contributed by atoms with van der Waals surface area (Å²) < 4.78 is 0. The third-order valence-electron chi connectivity index (χ3n) is 1.89. The van der Waals surface area contributed by atoms with Crippen LogP contribution in [0.5, 0.6) is 0 Å². The molecule has 0 aromatic carbocycles. The zero-order chi connectivity index (χ0) is 11.8. The average Bonchev–Trinajstić information content (AvgIpc) is 2.15. The normalized spacial score (nSPS) is 12.5. The van der Waals surface area contributed by atoms with Crippen molar-refractivity contribution < 1.29 is 14.7 Å². The van der Waals surface area contributed by atoms with E-state index >= 15 is 0 Å². The van der Waals surface area contributed by atoms with Crippen molar-refractivity contribution in [1.29, 1.82) is 0 Å². The van der Waals surface area contributed by atoms with Crippen LogP contribution < -0.4 is 5.32 Å². The minimum Gasteiger partial charge on any atom is -0.480 e. The Morgan fingerprint density at radius 1 is 1.40 bits per heavy atom. The maximum atomic E-state index is 11.3. The number of thioether (sulfide) groups is 1. The van der Waals surface area contributed by atoms with Gasteiger partial charge in [0.1, 0.15) is 6.04 Å².